The highest BCUT2D eigenvalue weighted by Gasteiger charge is 2.32. The third kappa shape index (κ3) is 2.31. The second-order valence-corrected chi connectivity index (χ2v) is 3.83. The maximum absolute atomic E-state index is 11.1. The molecule has 0 spiro atoms. The van der Waals surface area contributed by atoms with Crippen LogP contribution in [0.3, 0.4) is 0 Å². The molecule has 6 nitrogen and oxygen atoms in total. The zero-order valence-electron chi connectivity index (χ0n) is 9.27. The van der Waals surface area contributed by atoms with Gasteiger partial charge in [0.15, 0.2) is 5.82 Å². The molecule has 0 aliphatic carbocycles. The molecule has 1 unspecified atom stereocenters. The SMILES string of the molecule is CCc1nnnn1CC(C)(CC)C(=O)O. The molecule has 0 saturated heterocycles. The molecule has 1 heterocycles. The van der Waals surface area contributed by atoms with Crippen LogP contribution in [0.25, 0.3) is 0 Å². The molecule has 0 fully saturated rings. The molecule has 0 saturated carbocycles. The van der Waals surface area contributed by atoms with Gasteiger partial charge in [-0.1, -0.05) is 13.8 Å². The lowest BCUT2D eigenvalue weighted by atomic mass is 9.88. The Morgan fingerprint density at radius 1 is 1.53 bits per heavy atom. The average Bonchev–Trinajstić information content (AvgIpc) is 2.64. The lowest BCUT2D eigenvalue weighted by Gasteiger charge is -2.22. The summed E-state index contributed by atoms with van der Waals surface area (Å²) in [5, 5.41) is 20.3. The number of hydrogen-bond donors (Lipinski definition) is 1. The van der Waals surface area contributed by atoms with Crippen molar-refractivity contribution in [3.05, 3.63) is 5.82 Å². The van der Waals surface area contributed by atoms with E-state index in [0.29, 0.717) is 19.4 Å². The first-order chi connectivity index (χ1) is 7.03. The summed E-state index contributed by atoms with van der Waals surface area (Å²) in [6.07, 6.45) is 1.25. The van der Waals surface area contributed by atoms with Gasteiger partial charge in [0.25, 0.3) is 0 Å². The fourth-order valence-corrected chi connectivity index (χ4v) is 1.26. The molecule has 6 heteroatoms. The van der Waals surface area contributed by atoms with E-state index in [1.165, 1.54) is 0 Å². The van der Waals surface area contributed by atoms with Gasteiger partial charge in [0, 0.05) is 6.42 Å². The Bertz CT molecular complexity index is 350. The van der Waals surface area contributed by atoms with Crippen molar-refractivity contribution < 1.29 is 9.90 Å². The summed E-state index contributed by atoms with van der Waals surface area (Å²) in [5.74, 6) is -0.0986. The van der Waals surface area contributed by atoms with Crippen LogP contribution in [0.15, 0.2) is 0 Å². The predicted octanol–water partition coefficient (Wildman–Crippen LogP) is 0.736. The molecule has 0 radical (unpaired) electrons. The van der Waals surface area contributed by atoms with Crippen LogP contribution in [0.4, 0.5) is 0 Å². The highest BCUT2D eigenvalue weighted by molar-refractivity contribution is 5.73. The molecule has 1 N–H and O–H groups in total. The fraction of sp³-hybridized carbons (Fsp3) is 0.778. The maximum Gasteiger partial charge on any atom is 0.311 e. The summed E-state index contributed by atoms with van der Waals surface area (Å²) in [4.78, 5) is 11.1. The molecule has 84 valence electrons. The molecule has 1 atom stereocenters. The summed E-state index contributed by atoms with van der Waals surface area (Å²) >= 11 is 0. The Balaban J connectivity index is 2.88. The van der Waals surface area contributed by atoms with Crippen molar-refractivity contribution in [3.63, 3.8) is 0 Å². The summed E-state index contributed by atoms with van der Waals surface area (Å²) < 4.78 is 1.57. The van der Waals surface area contributed by atoms with Gasteiger partial charge in [-0.25, -0.2) is 4.68 Å². The number of hydrogen-bond acceptors (Lipinski definition) is 4. The number of nitrogens with zero attached hydrogens (tertiary/aromatic N) is 4. The van der Waals surface area contributed by atoms with Crippen molar-refractivity contribution in [1.29, 1.82) is 0 Å². The standard InChI is InChI=1S/C9H16N4O2/c1-4-7-10-11-12-13(7)6-9(3,5-2)8(14)15/h4-6H2,1-3H3,(H,14,15). The monoisotopic (exact) mass is 212 g/mol. The number of aromatic nitrogens is 4. The topological polar surface area (TPSA) is 80.9 Å². The summed E-state index contributed by atoms with van der Waals surface area (Å²) in [7, 11) is 0. The van der Waals surface area contributed by atoms with Gasteiger partial charge < -0.3 is 5.11 Å². The molecule has 0 bridgehead atoms. The van der Waals surface area contributed by atoms with Crippen molar-refractivity contribution in [2.24, 2.45) is 5.41 Å². The minimum atomic E-state index is -0.817. The van der Waals surface area contributed by atoms with Crippen LogP contribution in [0, 0.1) is 5.41 Å². The molecule has 0 aromatic carbocycles. The zero-order valence-corrected chi connectivity index (χ0v) is 9.27. The first-order valence-corrected chi connectivity index (χ1v) is 5.02. The fourth-order valence-electron chi connectivity index (χ4n) is 1.26. The molecule has 0 aliphatic rings. The van der Waals surface area contributed by atoms with Gasteiger partial charge in [-0.15, -0.1) is 5.10 Å². The average molecular weight is 212 g/mol. The van der Waals surface area contributed by atoms with Crippen molar-refractivity contribution in [3.8, 4) is 0 Å². The van der Waals surface area contributed by atoms with Crippen LogP contribution in [0.5, 0.6) is 0 Å². The molecular formula is C9H16N4O2. The Hall–Kier alpha value is -1.46. The van der Waals surface area contributed by atoms with Crippen LogP contribution in [-0.4, -0.2) is 31.3 Å². The first kappa shape index (κ1) is 11.6. The lowest BCUT2D eigenvalue weighted by molar-refractivity contribution is -0.149. The molecule has 15 heavy (non-hydrogen) atoms. The van der Waals surface area contributed by atoms with Gasteiger partial charge in [0.1, 0.15) is 0 Å². The molecule has 1 rings (SSSR count). The lowest BCUT2D eigenvalue weighted by Crippen LogP contribution is -2.33. The van der Waals surface area contributed by atoms with Gasteiger partial charge in [-0.2, -0.15) is 0 Å². The summed E-state index contributed by atoms with van der Waals surface area (Å²) in [6.45, 7) is 5.81. The van der Waals surface area contributed by atoms with Gasteiger partial charge in [0.05, 0.1) is 12.0 Å². The Morgan fingerprint density at radius 2 is 2.20 bits per heavy atom. The van der Waals surface area contributed by atoms with Crippen LogP contribution >= 0.6 is 0 Å². The van der Waals surface area contributed by atoms with Crippen LogP contribution in [0.1, 0.15) is 33.0 Å². The van der Waals surface area contributed by atoms with Crippen molar-refractivity contribution in [2.45, 2.75) is 40.2 Å². The molecule has 1 aromatic heterocycles. The molecule has 0 amide bonds. The van der Waals surface area contributed by atoms with Crippen molar-refractivity contribution in [1.82, 2.24) is 20.2 Å². The van der Waals surface area contributed by atoms with E-state index in [1.807, 2.05) is 13.8 Å². The Kier molecular flexibility index (Phi) is 3.39. The van der Waals surface area contributed by atoms with Gasteiger partial charge in [-0.05, 0) is 23.8 Å². The summed E-state index contributed by atoms with van der Waals surface area (Å²) in [6, 6.07) is 0. The van der Waals surface area contributed by atoms with E-state index in [-0.39, 0.29) is 0 Å². The smallest absolute Gasteiger partial charge is 0.311 e. The summed E-state index contributed by atoms with van der Waals surface area (Å²) in [5.41, 5.74) is -0.806. The Labute approximate surface area is 88.3 Å². The van der Waals surface area contributed by atoms with E-state index >= 15 is 0 Å². The predicted molar refractivity (Wildman–Crippen MR) is 53.2 cm³/mol. The third-order valence-electron chi connectivity index (χ3n) is 2.72. The Morgan fingerprint density at radius 3 is 2.67 bits per heavy atom. The number of tetrazole rings is 1. The second-order valence-electron chi connectivity index (χ2n) is 3.83. The number of carbonyl (C=O) groups is 1. The molecule has 1 aromatic rings. The number of carboxylic acid groups (broad SMARTS) is 1. The van der Waals surface area contributed by atoms with E-state index in [9.17, 15) is 4.79 Å². The van der Waals surface area contributed by atoms with Gasteiger partial charge in [0.2, 0.25) is 0 Å². The van der Waals surface area contributed by atoms with Crippen LogP contribution < -0.4 is 0 Å². The van der Waals surface area contributed by atoms with Crippen LogP contribution in [0.2, 0.25) is 0 Å². The van der Waals surface area contributed by atoms with E-state index in [1.54, 1.807) is 11.6 Å². The minimum absolute atomic E-state index is 0.314. The van der Waals surface area contributed by atoms with E-state index in [4.69, 9.17) is 5.11 Å². The second kappa shape index (κ2) is 4.37. The van der Waals surface area contributed by atoms with Gasteiger partial charge >= 0.3 is 5.97 Å². The number of aliphatic carboxylic acids is 1. The van der Waals surface area contributed by atoms with Crippen molar-refractivity contribution >= 4 is 5.97 Å². The largest absolute Gasteiger partial charge is 0.481 e. The van der Waals surface area contributed by atoms with E-state index in [0.717, 1.165) is 5.82 Å². The number of aryl methyl sites for hydroxylation is 1. The maximum atomic E-state index is 11.1. The first-order valence-electron chi connectivity index (χ1n) is 5.02. The molecular weight excluding hydrogens is 196 g/mol. The number of carboxylic acids is 1. The van der Waals surface area contributed by atoms with Gasteiger partial charge in [-0.3, -0.25) is 4.79 Å². The zero-order chi connectivity index (χ0) is 11.5. The number of rotatable bonds is 5. The van der Waals surface area contributed by atoms with Crippen LogP contribution in [-0.2, 0) is 17.8 Å². The quantitative estimate of drug-likeness (QED) is 0.778. The van der Waals surface area contributed by atoms with E-state index < -0.39 is 11.4 Å². The highest BCUT2D eigenvalue weighted by atomic mass is 16.4. The minimum Gasteiger partial charge on any atom is -0.481 e. The van der Waals surface area contributed by atoms with E-state index in [2.05, 4.69) is 15.5 Å². The van der Waals surface area contributed by atoms with Crippen molar-refractivity contribution in [2.75, 3.05) is 0 Å². The normalized spacial score (nSPS) is 14.9. The highest BCUT2D eigenvalue weighted by Crippen LogP contribution is 2.23. The molecule has 0 aliphatic heterocycles. The third-order valence-corrected chi connectivity index (χ3v) is 2.72.